The van der Waals surface area contributed by atoms with E-state index in [0.717, 1.165) is 5.82 Å². The first kappa shape index (κ1) is 22.0. The molecule has 0 fully saturated rings. The number of hydrogen-bond acceptors (Lipinski definition) is 2. The van der Waals surface area contributed by atoms with Gasteiger partial charge in [0.15, 0.2) is 12.3 Å². The molecule has 0 aliphatic rings. The zero-order valence-electron chi connectivity index (χ0n) is 15.2. The van der Waals surface area contributed by atoms with Crippen LogP contribution < -0.4 is 22.3 Å². The van der Waals surface area contributed by atoms with E-state index in [1.807, 2.05) is 35.5 Å². The van der Waals surface area contributed by atoms with Crippen LogP contribution in [0.2, 0.25) is 10.0 Å². The molecule has 2 aromatic carbocycles. The van der Waals surface area contributed by atoms with Gasteiger partial charge in [0.05, 0.1) is 12.7 Å². The summed E-state index contributed by atoms with van der Waals surface area (Å²) >= 11 is 12.1. The van der Waals surface area contributed by atoms with Crippen LogP contribution in [0.1, 0.15) is 21.7 Å². The second-order valence-electron chi connectivity index (χ2n) is 6.16. The molecule has 5 nitrogen and oxygen atoms in total. The highest BCUT2D eigenvalue weighted by molar-refractivity contribution is 6.32. The van der Waals surface area contributed by atoms with E-state index in [1.165, 1.54) is 0 Å². The van der Waals surface area contributed by atoms with E-state index >= 15 is 0 Å². The van der Waals surface area contributed by atoms with Crippen molar-refractivity contribution in [1.29, 1.82) is 0 Å². The molecule has 0 saturated heterocycles. The van der Waals surface area contributed by atoms with Gasteiger partial charge >= 0.3 is 0 Å². The number of ketones is 1. The number of carbonyl (C=O) groups excluding carboxylic acids is 2. The molecule has 8 heteroatoms. The SMILES string of the molecule is Cc1n(CC(=O)Nc2cc(Cl)ccc2C(=O)c2cccc(Cl)c2)cc[n+]1C.[Cl-]. The van der Waals surface area contributed by atoms with Crippen molar-refractivity contribution in [2.45, 2.75) is 13.5 Å². The first-order valence-corrected chi connectivity index (χ1v) is 9.02. The average molecular weight is 439 g/mol. The lowest BCUT2D eigenvalue weighted by Crippen LogP contribution is -3.00. The van der Waals surface area contributed by atoms with Crippen molar-refractivity contribution >= 4 is 40.6 Å². The maximum absolute atomic E-state index is 12.9. The van der Waals surface area contributed by atoms with Crippen LogP contribution >= 0.6 is 23.2 Å². The Morgan fingerprint density at radius 1 is 1.11 bits per heavy atom. The van der Waals surface area contributed by atoms with Crippen LogP contribution in [-0.2, 0) is 18.4 Å². The molecule has 3 rings (SSSR count). The molecule has 1 heterocycles. The monoisotopic (exact) mass is 437 g/mol. The predicted octanol–water partition coefficient (Wildman–Crippen LogP) is 0.802. The lowest BCUT2D eigenvalue weighted by atomic mass is 10.0. The standard InChI is InChI=1S/C20H17Cl2N3O2.ClH/c1-13-24(2)8-9-25(13)12-19(26)23-18-11-16(22)6-7-17(18)20(27)14-4-3-5-15(21)10-14;/h3-11H,12H2,1-2H3;1H. The van der Waals surface area contributed by atoms with Crippen LogP contribution in [0.4, 0.5) is 5.69 Å². The first-order valence-electron chi connectivity index (χ1n) is 8.26. The van der Waals surface area contributed by atoms with Crippen molar-refractivity contribution in [3.8, 4) is 0 Å². The summed E-state index contributed by atoms with van der Waals surface area (Å²) in [6, 6.07) is 11.5. The summed E-state index contributed by atoms with van der Waals surface area (Å²) in [4.78, 5) is 25.4. The summed E-state index contributed by atoms with van der Waals surface area (Å²) in [5.74, 6) is 0.441. The topological polar surface area (TPSA) is 55.0 Å². The fourth-order valence-electron chi connectivity index (χ4n) is 2.71. The minimum absolute atomic E-state index is 0. The van der Waals surface area contributed by atoms with Crippen molar-refractivity contribution in [2.75, 3.05) is 5.32 Å². The highest BCUT2D eigenvalue weighted by Gasteiger charge is 2.18. The van der Waals surface area contributed by atoms with Crippen LogP contribution in [0.15, 0.2) is 54.9 Å². The quantitative estimate of drug-likeness (QED) is 0.473. The van der Waals surface area contributed by atoms with E-state index in [0.29, 0.717) is 26.9 Å². The van der Waals surface area contributed by atoms with Crippen LogP contribution in [0.3, 0.4) is 0 Å². The van der Waals surface area contributed by atoms with Gasteiger partial charge in [-0.1, -0.05) is 35.3 Å². The number of carbonyl (C=O) groups is 2. The van der Waals surface area contributed by atoms with Crippen molar-refractivity contribution in [3.63, 3.8) is 0 Å². The number of imidazole rings is 1. The van der Waals surface area contributed by atoms with E-state index in [2.05, 4.69) is 5.32 Å². The maximum Gasteiger partial charge on any atom is 0.266 e. The molecular formula is C20H18Cl3N3O2. The number of benzene rings is 2. The molecule has 1 N–H and O–H groups in total. The van der Waals surface area contributed by atoms with Crippen molar-refractivity contribution < 1.29 is 26.6 Å². The fraction of sp³-hybridized carbons (Fsp3) is 0.150. The molecular weight excluding hydrogens is 421 g/mol. The van der Waals surface area contributed by atoms with Crippen LogP contribution in [0, 0.1) is 6.92 Å². The van der Waals surface area contributed by atoms with Gasteiger partial charge in [-0.05, 0) is 30.3 Å². The van der Waals surface area contributed by atoms with Gasteiger partial charge in [-0.15, -0.1) is 0 Å². The Morgan fingerprint density at radius 2 is 1.82 bits per heavy atom. The number of aryl methyl sites for hydroxylation is 1. The second-order valence-corrected chi connectivity index (χ2v) is 7.03. The molecule has 0 atom stereocenters. The number of rotatable bonds is 5. The van der Waals surface area contributed by atoms with Gasteiger partial charge in [0, 0.05) is 28.1 Å². The minimum Gasteiger partial charge on any atom is -1.00 e. The zero-order chi connectivity index (χ0) is 19.6. The normalized spacial score (nSPS) is 10.3. The fourth-order valence-corrected chi connectivity index (χ4v) is 3.08. The van der Waals surface area contributed by atoms with E-state index in [1.54, 1.807) is 42.5 Å². The maximum atomic E-state index is 12.9. The third-order valence-electron chi connectivity index (χ3n) is 4.30. The molecule has 0 unspecified atom stereocenters. The number of amides is 1. The second kappa shape index (κ2) is 9.24. The van der Waals surface area contributed by atoms with Gasteiger partial charge in [0.25, 0.3) is 11.7 Å². The lowest BCUT2D eigenvalue weighted by molar-refractivity contribution is -0.677. The Labute approximate surface area is 179 Å². The minimum atomic E-state index is -0.253. The Kier molecular flexibility index (Phi) is 7.24. The van der Waals surface area contributed by atoms with Crippen molar-refractivity contribution in [1.82, 2.24) is 4.57 Å². The molecule has 0 saturated carbocycles. The Morgan fingerprint density at radius 3 is 2.46 bits per heavy atom. The first-order chi connectivity index (χ1) is 12.8. The summed E-state index contributed by atoms with van der Waals surface area (Å²) in [5, 5.41) is 3.69. The van der Waals surface area contributed by atoms with Crippen LogP contribution in [-0.4, -0.2) is 16.3 Å². The van der Waals surface area contributed by atoms with Gasteiger partial charge in [-0.3, -0.25) is 9.59 Å². The summed E-state index contributed by atoms with van der Waals surface area (Å²) in [6.07, 6.45) is 3.70. The molecule has 0 spiro atoms. The number of hydrogen-bond donors (Lipinski definition) is 1. The van der Waals surface area contributed by atoms with Crippen LogP contribution in [0.25, 0.3) is 0 Å². The van der Waals surface area contributed by atoms with E-state index in [9.17, 15) is 9.59 Å². The largest absolute Gasteiger partial charge is 1.00 e. The van der Waals surface area contributed by atoms with Gasteiger partial charge in [-0.25, -0.2) is 9.13 Å². The molecule has 1 aromatic heterocycles. The predicted molar refractivity (Wildman–Crippen MR) is 105 cm³/mol. The molecule has 0 aliphatic heterocycles. The average Bonchev–Trinajstić information content (AvgIpc) is 2.93. The van der Waals surface area contributed by atoms with Crippen molar-refractivity contribution in [3.05, 3.63) is 81.9 Å². The molecule has 0 radical (unpaired) electrons. The highest BCUT2D eigenvalue weighted by atomic mass is 35.5. The smallest absolute Gasteiger partial charge is 0.266 e. The number of anilines is 1. The van der Waals surface area contributed by atoms with E-state index in [4.69, 9.17) is 23.2 Å². The van der Waals surface area contributed by atoms with Crippen LogP contribution in [0.5, 0.6) is 0 Å². The number of halogens is 3. The van der Waals surface area contributed by atoms with Gasteiger partial charge in [-0.2, -0.15) is 0 Å². The zero-order valence-corrected chi connectivity index (χ0v) is 17.5. The molecule has 0 aliphatic carbocycles. The Balaban J connectivity index is 0.00000280. The summed E-state index contributed by atoms with van der Waals surface area (Å²) in [7, 11) is 1.91. The summed E-state index contributed by atoms with van der Waals surface area (Å²) in [6.45, 7) is 2.05. The van der Waals surface area contributed by atoms with Crippen molar-refractivity contribution in [2.24, 2.45) is 7.05 Å². The molecule has 146 valence electrons. The van der Waals surface area contributed by atoms with E-state index in [-0.39, 0.29) is 30.6 Å². The number of nitrogens with one attached hydrogen (secondary N) is 1. The number of aromatic nitrogens is 2. The van der Waals surface area contributed by atoms with Gasteiger partial charge < -0.3 is 17.7 Å². The van der Waals surface area contributed by atoms with E-state index < -0.39 is 0 Å². The molecule has 1 amide bonds. The van der Waals surface area contributed by atoms with Gasteiger partial charge in [0.2, 0.25) is 0 Å². The molecule has 3 aromatic rings. The lowest BCUT2D eigenvalue weighted by Gasteiger charge is -2.11. The Hall–Kier alpha value is -2.34. The number of nitrogens with zero attached hydrogens (tertiary/aromatic N) is 2. The third-order valence-corrected chi connectivity index (χ3v) is 4.77. The molecule has 28 heavy (non-hydrogen) atoms. The van der Waals surface area contributed by atoms with Gasteiger partial charge in [0.1, 0.15) is 12.4 Å². The summed E-state index contributed by atoms with van der Waals surface area (Å²) in [5.41, 5.74) is 1.16. The molecule has 0 bridgehead atoms. The summed E-state index contributed by atoms with van der Waals surface area (Å²) < 4.78 is 3.74. The Bertz CT molecular complexity index is 1030. The highest BCUT2D eigenvalue weighted by Crippen LogP contribution is 2.25. The third kappa shape index (κ3) is 4.93.